The highest BCUT2D eigenvalue weighted by atomic mass is 16.5. The van der Waals surface area contributed by atoms with Crippen molar-refractivity contribution in [3.05, 3.63) is 23.3 Å². The Balaban J connectivity index is 3.32. The van der Waals surface area contributed by atoms with Gasteiger partial charge in [0.15, 0.2) is 0 Å². The standard InChI is InChI=1S/C11H13NO3/c1-13-7-9-10(14-2)5-4-8(6-12)11(9)15-3/h4-5H,7H2,1-3H3. The average Bonchev–Trinajstić information content (AvgIpc) is 2.28. The summed E-state index contributed by atoms with van der Waals surface area (Å²) in [4.78, 5) is 0. The van der Waals surface area contributed by atoms with Gasteiger partial charge in [-0.15, -0.1) is 0 Å². The molecule has 15 heavy (non-hydrogen) atoms. The molecule has 0 N–H and O–H groups in total. The van der Waals surface area contributed by atoms with Crippen LogP contribution in [-0.2, 0) is 11.3 Å². The maximum atomic E-state index is 8.89. The van der Waals surface area contributed by atoms with E-state index >= 15 is 0 Å². The molecule has 0 amide bonds. The molecule has 0 spiro atoms. The Morgan fingerprint density at radius 3 is 2.40 bits per heavy atom. The molecule has 1 rings (SSSR count). The van der Waals surface area contributed by atoms with Gasteiger partial charge in [-0.25, -0.2) is 0 Å². The van der Waals surface area contributed by atoms with Crippen LogP contribution in [0.2, 0.25) is 0 Å². The summed E-state index contributed by atoms with van der Waals surface area (Å²) in [6.45, 7) is 0.349. The summed E-state index contributed by atoms with van der Waals surface area (Å²) in [7, 11) is 4.67. The highest BCUT2D eigenvalue weighted by Crippen LogP contribution is 2.32. The van der Waals surface area contributed by atoms with Gasteiger partial charge in [-0.2, -0.15) is 5.26 Å². The topological polar surface area (TPSA) is 51.5 Å². The summed E-state index contributed by atoms with van der Waals surface area (Å²) >= 11 is 0. The molecule has 80 valence electrons. The molecule has 0 aliphatic heterocycles. The molecular weight excluding hydrogens is 194 g/mol. The molecule has 0 unspecified atom stereocenters. The van der Waals surface area contributed by atoms with Gasteiger partial charge in [0.1, 0.15) is 17.6 Å². The van der Waals surface area contributed by atoms with Crippen LogP contribution in [0.3, 0.4) is 0 Å². The Labute approximate surface area is 89.0 Å². The van der Waals surface area contributed by atoms with Crippen LogP contribution in [0.5, 0.6) is 11.5 Å². The van der Waals surface area contributed by atoms with Crippen LogP contribution >= 0.6 is 0 Å². The van der Waals surface area contributed by atoms with E-state index < -0.39 is 0 Å². The van der Waals surface area contributed by atoms with E-state index in [1.165, 1.54) is 7.11 Å². The first kappa shape index (κ1) is 11.3. The van der Waals surface area contributed by atoms with E-state index in [2.05, 4.69) is 6.07 Å². The van der Waals surface area contributed by atoms with Crippen LogP contribution in [0.25, 0.3) is 0 Å². The van der Waals surface area contributed by atoms with Crippen molar-refractivity contribution in [3.63, 3.8) is 0 Å². The number of hydrogen-bond donors (Lipinski definition) is 0. The monoisotopic (exact) mass is 207 g/mol. The Bertz CT molecular complexity index is 382. The number of nitriles is 1. The highest BCUT2D eigenvalue weighted by Gasteiger charge is 2.14. The van der Waals surface area contributed by atoms with E-state index in [1.54, 1.807) is 26.4 Å². The fraction of sp³-hybridized carbons (Fsp3) is 0.364. The van der Waals surface area contributed by atoms with Crippen molar-refractivity contribution < 1.29 is 14.2 Å². The zero-order chi connectivity index (χ0) is 11.3. The zero-order valence-electron chi connectivity index (χ0n) is 9.03. The van der Waals surface area contributed by atoms with Gasteiger partial charge in [0, 0.05) is 7.11 Å². The minimum atomic E-state index is 0.349. The predicted molar refractivity (Wildman–Crippen MR) is 55.0 cm³/mol. The van der Waals surface area contributed by atoms with Gasteiger partial charge in [-0.3, -0.25) is 0 Å². The lowest BCUT2D eigenvalue weighted by Crippen LogP contribution is -2.00. The molecule has 4 nitrogen and oxygen atoms in total. The van der Waals surface area contributed by atoms with Gasteiger partial charge in [-0.1, -0.05) is 0 Å². The third-order valence-electron chi connectivity index (χ3n) is 2.05. The van der Waals surface area contributed by atoms with E-state index in [-0.39, 0.29) is 0 Å². The van der Waals surface area contributed by atoms with Crippen molar-refractivity contribution in [2.75, 3.05) is 21.3 Å². The molecule has 0 bridgehead atoms. The maximum absolute atomic E-state index is 8.89. The van der Waals surface area contributed by atoms with Crippen molar-refractivity contribution in [3.8, 4) is 17.6 Å². The molecule has 1 aromatic rings. The predicted octanol–water partition coefficient (Wildman–Crippen LogP) is 1.72. The SMILES string of the molecule is COCc1c(OC)ccc(C#N)c1OC. The fourth-order valence-corrected chi connectivity index (χ4v) is 1.40. The quantitative estimate of drug-likeness (QED) is 0.754. The lowest BCUT2D eigenvalue weighted by molar-refractivity contribution is 0.178. The summed E-state index contributed by atoms with van der Waals surface area (Å²) < 4.78 is 15.4. The summed E-state index contributed by atoms with van der Waals surface area (Å²) in [6.07, 6.45) is 0. The summed E-state index contributed by atoms with van der Waals surface area (Å²) in [5.41, 5.74) is 1.23. The second-order valence-corrected chi connectivity index (χ2v) is 2.87. The molecule has 0 saturated carbocycles. The van der Waals surface area contributed by atoms with E-state index in [0.29, 0.717) is 23.7 Å². The molecule has 1 aromatic carbocycles. The molecule has 0 heterocycles. The van der Waals surface area contributed by atoms with Gasteiger partial charge in [0.05, 0.1) is 32.0 Å². The molecule has 0 atom stereocenters. The first-order valence-corrected chi connectivity index (χ1v) is 4.41. The second-order valence-electron chi connectivity index (χ2n) is 2.87. The Morgan fingerprint density at radius 2 is 1.93 bits per heavy atom. The fourth-order valence-electron chi connectivity index (χ4n) is 1.40. The molecule has 0 aliphatic carbocycles. The first-order valence-electron chi connectivity index (χ1n) is 4.41. The number of ether oxygens (including phenoxy) is 3. The number of nitrogens with zero attached hydrogens (tertiary/aromatic N) is 1. The van der Waals surface area contributed by atoms with Crippen LogP contribution in [-0.4, -0.2) is 21.3 Å². The molecule has 0 aliphatic rings. The summed E-state index contributed by atoms with van der Waals surface area (Å²) in [6, 6.07) is 5.46. The van der Waals surface area contributed by atoms with Crippen LogP contribution in [0.1, 0.15) is 11.1 Å². The van der Waals surface area contributed by atoms with Gasteiger partial charge >= 0.3 is 0 Å². The Morgan fingerprint density at radius 1 is 1.20 bits per heavy atom. The normalized spacial score (nSPS) is 9.47. The van der Waals surface area contributed by atoms with Crippen molar-refractivity contribution >= 4 is 0 Å². The number of hydrogen-bond acceptors (Lipinski definition) is 4. The van der Waals surface area contributed by atoms with Crippen LogP contribution in [0, 0.1) is 11.3 Å². The molecule has 0 fully saturated rings. The maximum Gasteiger partial charge on any atom is 0.145 e. The van der Waals surface area contributed by atoms with Crippen molar-refractivity contribution in [1.82, 2.24) is 0 Å². The Kier molecular flexibility index (Phi) is 3.95. The summed E-state index contributed by atoms with van der Waals surface area (Å²) in [5.74, 6) is 1.17. The molecule has 0 radical (unpaired) electrons. The minimum absolute atomic E-state index is 0.349. The lowest BCUT2D eigenvalue weighted by Gasteiger charge is -2.13. The van der Waals surface area contributed by atoms with Gasteiger partial charge in [0.2, 0.25) is 0 Å². The van der Waals surface area contributed by atoms with Crippen LogP contribution in [0.15, 0.2) is 12.1 Å². The summed E-state index contributed by atoms with van der Waals surface area (Å²) in [5, 5.41) is 8.89. The van der Waals surface area contributed by atoms with E-state index in [1.807, 2.05) is 0 Å². The van der Waals surface area contributed by atoms with Crippen LogP contribution in [0.4, 0.5) is 0 Å². The van der Waals surface area contributed by atoms with Crippen LogP contribution < -0.4 is 9.47 Å². The highest BCUT2D eigenvalue weighted by molar-refractivity contribution is 5.54. The Hall–Kier alpha value is -1.73. The number of rotatable bonds is 4. The van der Waals surface area contributed by atoms with Crippen molar-refractivity contribution in [2.45, 2.75) is 6.61 Å². The van der Waals surface area contributed by atoms with E-state index in [9.17, 15) is 0 Å². The van der Waals surface area contributed by atoms with Gasteiger partial charge in [0.25, 0.3) is 0 Å². The lowest BCUT2D eigenvalue weighted by atomic mass is 10.1. The minimum Gasteiger partial charge on any atom is -0.496 e. The molecular formula is C11H13NO3. The smallest absolute Gasteiger partial charge is 0.145 e. The van der Waals surface area contributed by atoms with E-state index in [4.69, 9.17) is 19.5 Å². The van der Waals surface area contributed by atoms with Gasteiger partial charge < -0.3 is 14.2 Å². The largest absolute Gasteiger partial charge is 0.496 e. The number of benzene rings is 1. The van der Waals surface area contributed by atoms with Gasteiger partial charge in [-0.05, 0) is 12.1 Å². The zero-order valence-corrected chi connectivity index (χ0v) is 9.03. The second kappa shape index (κ2) is 5.23. The van der Waals surface area contributed by atoms with Crippen molar-refractivity contribution in [1.29, 1.82) is 5.26 Å². The molecule has 0 aromatic heterocycles. The van der Waals surface area contributed by atoms with Crippen molar-refractivity contribution in [2.24, 2.45) is 0 Å². The third-order valence-corrected chi connectivity index (χ3v) is 2.05. The molecule has 4 heteroatoms. The third kappa shape index (κ3) is 2.20. The number of methoxy groups -OCH3 is 3. The van der Waals surface area contributed by atoms with E-state index in [0.717, 1.165) is 5.56 Å². The first-order chi connectivity index (χ1) is 7.28. The average molecular weight is 207 g/mol. The molecule has 0 saturated heterocycles.